The summed E-state index contributed by atoms with van der Waals surface area (Å²) < 4.78 is 13.9. The first-order valence-corrected chi connectivity index (χ1v) is 4.61. The van der Waals surface area contributed by atoms with Gasteiger partial charge in [0.2, 0.25) is 12.3 Å². The van der Waals surface area contributed by atoms with Crippen molar-refractivity contribution >= 4 is 74.7 Å². The Morgan fingerprint density at radius 2 is 0.667 bits per heavy atom. The molecule has 0 aromatic carbocycles. The molecule has 0 rings (SSSR count). The molecule has 0 atom stereocenters. The standard InChI is InChI=1S/C5H4O12.2CH2O3.Ca.H2O/c6-1(7)14-5(15-2(8)9,16-3(10)11)17-4(12)13;2*2-1(3)4;;/h(H,6,7)(H,8,9)(H,10,11)(H,12,13);2*(H2,2,3,4);;1H2/q;;;+2;/p-2. The SMILES string of the molecule is O.O=C(O)OC(OC(=O)O)(OC(=O)O)OC(=O)O.O=C([O-])O.O=C([O-])O.[Ca+2]. The van der Waals surface area contributed by atoms with Crippen LogP contribution in [0.2, 0.25) is 0 Å². The van der Waals surface area contributed by atoms with E-state index in [2.05, 4.69) is 18.9 Å². The normalized spacial score (nSPS) is 8.00. The average Bonchev–Trinajstić information content (AvgIpc) is 2.20. The molecule has 0 amide bonds. The van der Waals surface area contributed by atoms with E-state index in [4.69, 9.17) is 50.4 Å². The third-order valence-corrected chi connectivity index (χ3v) is 0.849. The summed E-state index contributed by atoms with van der Waals surface area (Å²) in [5.41, 5.74) is 0. The van der Waals surface area contributed by atoms with Gasteiger partial charge in [-0.2, -0.15) is 0 Å². The van der Waals surface area contributed by atoms with Crippen LogP contribution in [0.15, 0.2) is 0 Å². The first-order valence-electron chi connectivity index (χ1n) is 4.61. The third-order valence-electron chi connectivity index (χ3n) is 0.849. The topological polar surface area (TPSA) is 338 Å². The van der Waals surface area contributed by atoms with Gasteiger partial charge in [-0.1, -0.05) is 0 Å². The Balaban J connectivity index is -0.000000136. The zero-order valence-corrected chi connectivity index (χ0v) is 14.5. The number of carboxylic acid groups (broad SMARTS) is 8. The Hall–Kier alpha value is -3.16. The molecule has 19 nitrogen and oxygen atoms in total. The average molecular weight is 436 g/mol. The van der Waals surface area contributed by atoms with E-state index in [1.54, 1.807) is 0 Å². The van der Waals surface area contributed by atoms with Gasteiger partial charge < -0.3 is 74.9 Å². The molecular formula is C7H8CaO19. The smallest absolute Gasteiger partial charge is 0.565 e. The molecule has 0 spiro atoms. The third kappa shape index (κ3) is 35.0. The van der Waals surface area contributed by atoms with Crippen molar-refractivity contribution in [1.82, 2.24) is 0 Å². The molecule has 0 aromatic rings. The number of rotatable bonds is 4. The fourth-order valence-electron chi connectivity index (χ4n) is 0.553. The van der Waals surface area contributed by atoms with E-state index in [0.29, 0.717) is 0 Å². The van der Waals surface area contributed by atoms with Gasteiger partial charge in [-0.25, -0.2) is 19.2 Å². The van der Waals surface area contributed by atoms with Crippen LogP contribution in [0, 0.1) is 0 Å². The molecule has 0 aliphatic rings. The van der Waals surface area contributed by atoms with Gasteiger partial charge >= 0.3 is 68.5 Å². The molecule has 152 valence electrons. The van der Waals surface area contributed by atoms with Crippen LogP contribution in [0.5, 0.6) is 0 Å². The predicted molar refractivity (Wildman–Crippen MR) is 64.6 cm³/mol. The van der Waals surface area contributed by atoms with Crippen molar-refractivity contribution in [3.63, 3.8) is 0 Å². The summed E-state index contributed by atoms with van der Waals surface area (Å²) in [6.45, 7) is 0. The largest absolute Gasteiger partial charge is 2.00 e. The molecule has 0 heterocycles. The van der Waals surface area contributed by atoms with Crippen LogP contribution in [0.25, 0.3) is 0 Å². The van der Waals surface area contributed by atoms with Crippen molar-refractivity contribution in [2.45, 2.75) is 6.16 Å². The van der Waals surface area contributed by atoms with E-state index < -0.39 is 43.1 Å². The summed E-state index contributed by atoms with van der Waals surface area (Å²) in [5, 5.41) is 63.2. The molecule has 0 aliphatic carbocycles. The van der Waals surface area contributed by atoms with Crippen molar-refractivity contribution in [2.75, 3.05) is 0 Å². The second-order valence-electron chi connectivity index (χ2n) is 2.50. The zero-order valence-electron chi connectivity index (χ0n) is 12.3. The molecule has 0 fully saturated rings. The van der Waals surface area contributed by atoms with E-state index >= 15 is 0 Å². The molecule has 0 bridgehead atoms. The molecule has 0 aromatic heterocycles. The Kier molecular flexibility index (Phi) is 22.9. The fourth-order valence-corrected chi connectivity index (χ4v) is 0.553. The molecule has 0 radical (unpaired) electrons. The van der Waals surface area contributed by atoms with Gasteiger partial charge in [-0.05, 0) is 0 Å². The van der Waals surface area contributed by atoms with Gasteiger partial charge in [0.1, 0.15) is 0 Å². The summed E-state index contributed by atoms with van der Waals surface area (Å²) in [4.78, 5) is 57.4. The molecule has 27 heavy (non-hydrogen) atoms. The van der Waals surface area contributed by atoms with Crippen LogP contribution in [0.1, 0.15) is 0 Å². The molecular weight excluding hydrogens is 428 g/mol. The van der Waals surface area contributed by atoms with Gasteiger partial charge in [0.05, 0.1) is 0 Å². The van der Waals surface area contributed by atoms with Crippen molar-refractivity contribution in [1.29, 1.82) is 0 Å². The summed E-state index contributed by atoms with van der Waals surface area (Å²) >= 11 is 0. The number of carbonyl (C=O) groups is 6. The van der Waals surface area contributed by atoms with Crippen LogP contribution in [-0.2, 0) is 18.9 Å². The maximum absolute atomic E-state index is 10.1. The Labute approximate surface area is 174 Å². The first kappa shape index (κ1) is 35.0. The van der Waals surface area contributed by atoms with E-state index in [1.807, 2.05) is 0 Å². The van der Waals surface area contributed by atoms with Crippen molar-refractivity contribution in [3.8, 4) is 0 Å². The number of hydrogen-bond acceptors (Lipinski definition) is 12. The minimum Gasteiger partial charge on any atom is -0.565 e. The van der Waals surface area contributed by atoms with Crippen LogP contribution >= 0.6 is 0 Å². The predicted octanol–water partition coefficient (Wildman–Crippen LogP) is -3.05. The monoisotopic (exact) mass is 436 g/mol. The zero-order chi connectivity index (χ0) is 20.8. The molecule has 20 heteroatoms. The maximum Gasteiger partial charge on any atom is 2.00 e. The number of hydrogen-bond donors (Lipinski definition) is 6. The minimum absolute atomic E-state index is 0. The molecule has 8 N–H and O–H groups in total. The van der Waals surface area contributed by atoms with Crippen molar-refractivity contribution < 1.29 is 94.0 Å². The van der Waals surface area contributed by atoms with Crippen LogP contribution < -0.4 is 10.2 Å². The summed E-state index contributed by atoms with van der Waals surface area (Å²) in [7, 11) is 0. The van der Waals surface area contributed by atoms with E-state index in [9.17, 15) is 19.2 Å². The summed E-state index contributed by atoms with van der Waals surface area (Å²) in [6.07, 6.45) is -17.2. The van der Waals surface area contributed by atoms with Gasteiger partial charge in [0, 0.05) is 0 Å². The van der Waals surface area contributed by atoms with Crippen molar-refractivity contribution in [2.24, 2.45) is 0 Å². The van der Waals surface area contributed by atoms with E-state index in [-0.39, 0.29) is 43.2 Å². The van der Waals surface area contributed by atoms with E-state index in [1.165, 1.54) is 0 Å². The second-order valence-corrected chi connectivity index (χ2v) is 2.50. The number of ether oxygens (including phenoxy) is 4. The quantitative estimate of drug-likeness (QED) is 0.145. The van der Waals surface area contributed by atoms with Gasteiger partial charge in [0.25, 0.3) is 0 Å². The van der Waals surface area contributed by atoms with Gasteiger partial charge in [0.15, 0.2) is 0 Å². The van der Waals surface area contributed by atoms with Crippen LogP contribution in [0.4, 0.5) is 28.8 Å². The molecule has 0 aliphatic heterocycles. The van der Waals surface area contributed by atoms with E-state index in [0.717, 1.165) is 0 Å². The molecule has 0 unspecified atom stereocenters. The fraction of sp³-hybridized carbons (Fsp3) is 0.143. The van der Waals surface area contributed by atoms with Crippen molar-refractivity contribution in [3.05, 3.63) is 0 Å². The minimum atomic E-state index is -3.81. The van der Waals surface area contributed by atoms with Gasteiger partial charge in [-0.3, -0.25) is 0 Å². The Morgan fingerprint density at radius 1 is 0.556 bits per heavy atom. The molecule has 0 saturated carbocycles. The van der Waals surface area contributed by atoms with Crippen LogP contribution in [0.3, 0.4) is 0 Å². The maximum atomic E-state index is 10.1. The second kappa shape index (κ2) is 17.7. The molecule has 0 saturated heterocycles. The first-order chi connectivity index (χ1) is 11.1. The Bertz CT molecular complexity index is 421. The summed E-state index contributed by atoms with van der Waals surface area (Å²) in [5.74, 6) is 0. The van der Waals surface area contributed by atoms with Crippen LogP contribution in [-0.4, -0.2) is 117 Å². The Morgan fingerprint density at radius 3 is 0.741 bits per heavy atom. The van der Waals surface area contributed by atoms with Gasteiger partial charge in [-0.15, -0.1) is 0 Å². The summed E-state index contributed by atoms with van der Waals surface area (Å²) in [6, 6.07) is 0.